The minimum absolute atomic E-state index is 0.0760. The van der Waals surface area contributed by atoms with Crippen molar-refractivity contribution in [2.45, 2.75) is 43.4 Å². The first kappa shape index (κ1) is 25.4. The summed E-state index contributed by atoms with van der Waals surface area (Å²) < 4.78 is 33.7. The zero-order valence-electron chi connectivity index (χ0n) is 19.3. The molecule has 34 heavy (non-hydrogen) atoms. The highest BCUT2D eigenvalue weighted by Gasteiger charge is 2.24. The number of nitrogens with one attached hydrogen (secondary N) is 1. The number of nitrogens with zero attached hydrogens (tertiary/aromatic N) is 2. The average molecular weight is 488 g/mol. The molecule has 9 nitrogen and oxygen atoms in total. The summed E-state index contributed by atoms with van der Waals surface area (Å²) in [7, 11) is 0.253. The number of unbranched alkanes of at least 4 members (excludes halogenated alkanes) is 2. The van der Waals surface area contributed by atoms with Gasteiger partial charge in [-0.05, 0) is 49.4 Å². The Morgan fingerprint density at radius 1 is 1.12 bits per heavy atom. The predicted octanol–water partition coefficient (Wildman–Crippen LogP) is 3.89. The van der Waals surface area contributed by atoms with Crippen LogP contribution in [0.3, 0.4) is 0 Å². The molecule has 3 rings (SSSR count). The number of hydrogen-bond acceptors (Lipinski definition) is 7. The Bertz CT molecular complexity index is 1170. The van der Waals surface area contributed by atoms with Crippen molar-refractivity contribution < 1.29 is 22.9 Å². The Hall–Kier alpha value is -3.24. The van der Waals surface area contributed by atoms with Crippen molar-refractivity contribution in [3.05, 3.63) is 69.8 Å². The summed E-state index contributed by atoms with van der Waals surface area (Å²) in [5.41, 5.74) is 2.74. The SMILES string of the molecule is CN(C)C1=CCCc2c1cccc2S(=O)(=O)NCCCCCC(=O)Oc1ccc([N+](=O)[O-])cc1. The van der Waals surface area contributed by atoms with E-state index >= 15 is 0 Å². The van der Waals surface area contributed by atoms with E-state index in [1.54, 1.807) is 12.1 Å². The monoisotopic (exact) mass is 487 g/mol. The molecule has 0 spiro atoms. The summed E-state index contributed by atoms with van der Waals surface area (Å²) in [5.74, 6) is -0.183. The van der Waals surface area contributed by atoms with E-state index in [0.717, 1.165) is 23.2 Å². The van der Waals surface area contributed by atoms with Gasteiger partial charge in [-0.2, -0.15) is 0 Å². The lowest BCUT2D eigenvalue weighted by molar-refractivity contribution is -0.384. The van der Waals surface area contributed by atoms with Crippen molar-refractivity contribution in [3.63, 3.8) is 0 Å². The zero-order valence-corrected chi connectivity index (χ0v) is 20.1. The van der Waals surface area contributed by atoms with Gasteiger partial charge in [-0.3, -0.25) is 14.9 Å². The smallest absolute Gasteiger partial charge is 0.311 e. The lowest BCUT2D eigenvalue weighted by Crippen LogP contribution is -2.27. The first-order valence-corrected chi connectivity index (χ1v) is 12.6. The fourth-order valence-corrected chi connectivity index (χ4v) is 5.24. The molecular formula is C24H29N3O6S. The highest BCUT2D eigenvalue weighted by molar-refractivity contribution is 7.89. The maximum Gasteiger partial charge on any atom is 0.311 e. The van der Waals surface area contributed by atoms with E-state index in [-0.39, 0.29) is 24.4 Å². The lowest BCUT2D eigenvalue weighted by Gasteiger charge is -2.25. The third-order valence-corrected chi connectivity index (χ3v) is 7.09. The highest BCUT2D eigenvalue weighted by Crippen LogP contribution is 2.32. The summed E-state index contributed by atoms with van der Waals surface area (Å²) in [5, 5.41) is 10.7. The van der Waals surface area contributed by atoms with Gasteiger partial charge in [-0.25, -0.2) is 13.1 Å². The highest BCUT2D eigenvalue weighted by atomic mass is 32.2. The van der Waals surface area contributed by atoms with Gasteiger partial charge >= 0.3 is 5.97 Å². The molecular weight excluding hydrogens is 458 g/mol. The molecule has 1 aliphatic rings. The largest absolute Gasteiger partial charge is 0.427 e. The number of nitro groups is 1. The van der Waals surface area contributed by atoms with Gasteiger partial charge in [0.1, 0.15) is 5.75 Å². The molecule has 1 N–H and O–H groups in total. The van der Waals surface area contributed by atoms with Crippen LogP contribution in [0.15, 0.2) is 53.4 Å². The van der Waals surface area contributed by atoms with E-state index in [1.165, 1.54) is 24.3 Å². The van der Waals surface area contributed by atoms with Crippen LogP contribution in [0.2, 0.25) is 0 Å². The second kappa shape index (κ2) is 11.3. The van der Waals surface area contributed by atoms with Gasteiger partial charge in [0.25, 0.3) is 5.69 Å². The molecule has 0 aliphatic heterocycles. The number of non-ortho nitro benzene ring substituents is 1. The van der Waals surface area contributed by atoms with Gasteiger partial charge in [-0.15, -0.1) is 0 Å². The molecule has 0 unspecified atom stereocenters. The fraction of sp³-hybridized carbons (Fsp3) is 0.375. The number of nitro benzene ring substituents is 1. The maximum atomic E-state index is 12.9. The predicted molar refractivity (Wildman–Crippen MR) is 129 cm³/mol. The number of allylic oxidation sites excluding steroid dienone is 1. The van der Waals surface area contributed by atoms with Crippen LogP contribution in [0.25, 0.3) is 5.70 Å². The molecule has 0 bridgehead atoms. The second-order valence-corrected chi connectivity index (χ2v) is 9.97. The maximum absolute atomic E-state index is 12.9. The van der Waals surface area contributed by atoms with Crippen molar-refractivity contribution in [2.24, 2.45) is 0 Å². The van der Waals surface area contributed by atoms with Gasteiger partial charge in [0.05, 0.1) is 9.82 Å². The average Bonchev–Trinajstić information content (AvgIpc) is 2.80. The zero-order chi connectivity index (χ0) is 24.7. The van der Waals surface area contributed by atoms with Crippen molar-refractivity contribution in [1.29, 1.82) is 0 Å². The molecule has 10 heteroatoms. The minimum atomic E-state index is -3.64. The van der Waals surface area contributed by atoms with Crippen molar-refractivity contribution in [3.8, 4) is 5.75 Å². The fourth-order valence-electron chi connectivity index (χ4n) is 3.88. The second-order valence-electron chi connectivity index (χ2n) is 8.24. The van der Waals surface area contributed by atoms with E-state index in [2.05, 4.69) is 10.8 Å². The number of ether oxygens (including phenoxy) is 1. The topological polar surface area (TPSA) is 119 Å². The lowest BCUT2D eigenvalue weighted by atomic mass is 9.94. The van der Waals surface area contributed by atoms with Gasteiger partial charge in [0.15, 0.2) is 0 Å². The van der Waals surface area contributed by atoms with Gasteiger partial charge in [0, 0.05) is 50.5 Å². The third-order valence-electron chi connectivity index (χ3n) is 5.54. The van der Waals surface area contributed by atoms with E-state index in [9.17, 15) is 23.3 Å². The van der Waals surface area contributed by atoms with Crippen molar-refractivity contribution in [2.75, 3.05) is 20.6 Å². The number of rotatable bonds is 11. The Morgan fingerprint density at radius 2 is 1.85 bits per heavy atom. The molecule has 0 aromatic heterocycles. The van der Waals surface area contributed by atoms with Crippen LogP contribution in [0.4, 0.5) is 5.69 Å². The minimum Gasteiger partial charge on any atom is -0.427 e. The number of carbonyl (C=O) groups is 1. The van der Waals surface area contributed by atoms with Gasteiger partial charge in [0.2, 0.25) is 10.0 Å². The molecule has 0 atom stereocenters. The van der Waals surface area contributed by atoms with E-state index in [0.29, 0.717) is 30.6 Å². The van der Waals surface area contributed by atoms with Gasteiger partial charge in [-0.1, -0.05) is 24.6 Å². The van der Waals surface area contributed by atoms with Crippen LogP contribution in [0.5, 0.6) is 5.75 Å². The summed E-state index contributed by atoms with van der Waals surface area (Å²) >= 11 is 0. The van der Waals surface area contributed by atoms with E-state index in [1.807, 2.05) is 25.1 Å². The number of esters is 1. The van der Waals surface area contributed by atoms with Crippen LogP contribution in [-0.4, -0.2) is 44.9 Å². The summed E-state index contributed by atoms with van der Waals surface area (Å²) in [6.07, 6.45) is 5.56. The molecule has 1 aliphatic carbocycles. The first-order valence-electron chi connectivity index (χ1n) is 11.1. The number of fused-ring (bicyclic) bond motifs is 1. The van der Waals surface area contributed by atoms with Gasteiger partial charge < -0.3 is 9.64 Å². The molecule has 0 amide bonds. The van der Waals surface area contributed by atoms with E-state index < -0.39 is 20.9 Å². The molecule has 0 fully saturated rings. The van der Waals surface area contributed by atoms with Crippen LogP contribution in [-0.2, 0) is 21.2 Å². The molecule has 0 heterocycles. The van der Waals surface area contributed by atoms with Crippen LogP contribution >= 0.6 is 0 Å². The molecule has 182 valence electrons. The number of carbonyl (C=O) groups excluding carboxylic acids is 1. The molecule has 0 radical (unpaired) electrons. The number of sulfonamides is 1. The Balaban J connectivity index is 1.44. The first-order chi connectivity index (χ1) is 16.2. The summed E-state index contributed by atoms with van der Waals surface area (Å²) in [6, 6.07) is 10.7. The third kappa shape index (κ3) is 6.42. The number of benzene rings is 2. The van der Waals surface area contributed by atoms with Crippen LogP contribution in [0.1, 0.15) is 43.2 Å². The molecule has 2 aromatic carbocycles. The van der Waals surface area contributed by atoms with Crippen LogP contribution in [0, 0.1) is 10.1 Å². The Labute approximate surface area is 199 Å². The standard InChI is InChI=1S/C24H29N3O6S/c1-26(2)22-10-6-9-21-20(22)8-7-11-23(21)34(31,32)25-17-5-3-4-12-24(28)33-19-15-13-18(14-16-19)27(29)30/h7-8,10-11,13-16,25H,3-6,9,12,17H2,1-2H3. The molecule has 0 saturated carbocycles. The van der Waals surface area contributed by atoms with Crippen LogP contribution < -0.4 is 9.46 Å². The Kier molecular flexibility index (Phi) is 8.41. The Morgan fingerprint density at radius 3 is 2.53 bits per heavy atom. The number of hydrogen-bond donors (Lipinski definition) is 1. The molecule has 2 aromatic rings. The van der Waals surface area contributed by atoms with Crippen molar-refractivity contribution >= 4 is 27.4 Å². The van der Waals surface area contributed by atoms with Crippen molar-refractivity contribution in [1.82, 2.24) is 9.62 Å². The normalized spacial score (nSPS) is 13.1. The molecule has 0 saturated heterocycles. The summed E-state index contributed by atoms with van der Waals surface area (Å²) in [6.45, 7) is 0.278. The summed E-state index contributed by atoms with van der Waals surface area (Å²) in [4.78, 5) is 24.4. The van der Waals surface area contributed by atoms with E-state index in [4.69, 9.17) is 4.74 Å². The quantitative estimate of drug-likeness (QED) is 0.168.